The number of hydrogen-bond donors (Lipinski definition) is 1. The summed E-state index contributed by atoms with van der Waals surface area (Å²) in [6.07, 6.45) is 0.514. The second kappa shape index (κ2) is 8.65. The third-order valence-electron chi connectivity index (χ3n) is 7.06. The minimum atomic E-state index is -4.44. The number of carbonyl (C=O) groups is 1. The molecule has 1 aliphatic carbocycles. The normalized spacial score (nSPS) is 20.4. The predicted octanol–water partition coefficient (Wildman–Crippen LogP) is 5.38. The Morgan fingerprint density at radius 3 is 2.19 bits per heavy atom. The summed E-state index contributed by atoms with van der Waals surface area (Å²) < 4.78 is 45.4. The van der Waals surface area contributed by atoms with Crippen LogP contribution in [0.2, 0.25) is 0 Å². The number of hydrogen-bond acceptors (Lipinski definition) is 2. The van der Waals surface area contributed by atoms with E-state index in [2.05, 4.69) is 17.4 Å². The van der Waals surface area contributed by atoms with E-state index >= 15 is 0 Å². The molecule has 6 heteroatoms. The Kier molecular flexibility index (Phi) is 6.11. The van der Waals surface area contributed by atoms with Crippen LogP contribution < -0.4 is 5.32 Å². The van der Waals surface area contributed by atoms with Crippen LogP contribution in [0.25, 0.3) is 0 Å². The van der Waals surface area contributed by atoms with Gasteiger partial charge in [0.25, 0.3) is 0 Å². The maximum Gasteiger partial charge on any atom is 0.416 e. The van der Waals surface area contributed by atoms with Crippen LogP contribution in [0.1, 0.15) is 55.2 Å². The molecular weight excluding hydrogens is 403 g/mol. The zero-order valence-corrected chi connectivity index (χ0v) is 17.5. The van der Waals surface area contributed by atoms with Crippen molar-refractivity contribution in [3.05, 3.63) is 71.3 Å². The number of nitrogens with one attached hydrogen (secondary N) is 1. The Morgan fingerprint density at radius 2 is 1.55 bits per heavy atom. The van der Waals surface area contributed by atoms with Crippen molar-refractivity contribution in [1.82, 2.24) is 5.32 Å². The Balaban J connectivity index is 1.61. The van der Waals surface area contributed by atoms with Gasteiger partial charge in [0.2, 0.25) is 5.91 Å². The monoisotopic (exact) mass is 431 g/mol. The van der Waals surface area contributed by atoms with Crippen molar-refractivity contribution in [3.8, 4) is 0 Å². The molecule has 2 aliphatic rings. The molecule has 2 fully saturated rings. The average molecular weight is 431 g/mol. The van der Waals surface area contributed by atoms with Gasteiger partial charge in [-0.05, 0) is 42.9 Å². The fourth-order valence-corrected chi connectivity index (χ4v) is 5.19. The molecule has 1 N–H and O–H groups in total. The van der Waals surface area contributed by atoms with Crippen molar-refractivity contribution >= 4 is 5.91 Å². The van der Waals surface area contributed by atoms with E-state index in [-0.39, 0.29) is 11.3 Å². The third-order valence-corrected chi connectivity index (χ3v) is 7.06. The van der Waals surface area contributed by atoms with Crippen molar-refractivity contribution in [2.45, 2.75) is 55.5 Å². The molecule has 1 saturated carbocycles. The summed E-state index contributed by atoms with van der Waals surface area (Å²) in [6, 6.07) is 15.4. The quantitative estimate of drug-likeness (QED) is 0.690. The number of ether oxygens (including phenoxy) is 1. The minimum Gasteiger partial charge on any atom is -0.381 e. The highest BCUT2D eigenvalue weighted by molar-refractivity contribution is 5.88. The van der Waals surface area contributed by atoms with Gasteiger partial charge >= 0.3 is 6.18 Å². The summed E-state index contributed by atoms with van der Waals surface area (Å²) in [4.78, 5) is 13.6. The van der Waals surface area contributed by atoms with E-state index in [0.29, 0.717) is 38.2 Å². The zero-order valence-electron chi connectivity index (χ0n) is 17.5. The molecule has 0 aromatic heterocycles. The second-order valence-electron chi connectivity index (χ2n) is 8.81. The minimum absolute atomic E-state index is 0.114. The highest BCUT2D eigenvalue weighted by Crippen LogP contribution is 2.42. The molecule has 1 saturated heterocycles. The number of halogens is 3. The van der Waals surface area contributed by atoms with Crippen LogP contribution in [0.3, 0.4) is 0 Å². The van der Waals surface area contributed by atoms with Crippen molar-refractivity contribution in [3.63, 3.8) is 0 Å². The summed E-state index contributed by atoms with van der Waals surface area (Å²) >= 11 is 0. The van der Waals surface area contributed by atoms with E-state index in [4.69, 9.17) is 4.74 Å². The molecule has 2 aromatic rings. The van der Waals surface area contributed by atoms with Gasteiger partial charge in [0, 0.05) is 25.2 Å². The Morgan fingerprint density at radius 1 is 0.903 bits per heavy atom. The summed E-state index contributed by atoms with van der Waals surface area (Å²) in [5.41, 5.74) is -0.205. The lowest BCUT2D eigenvalue weighted by atomic mass is 9.72. The first-order chi connectivity index (χ1) is 14.9. The Bertz CT molecular complexity index is 898. The van der Waals surface area contributed by atoms with E-state index < -0.39 is 17.2 Å². The molecule has 0 bridgehead atoms. The fourth-order valence-electron chi connectivity index (χ4n) is 5.19. The van der Waals surface area contributed by atoms with Gasteiger partial charge in [-0.2, -0.15) is 13.2 Å². The van der Waals surface area contributed by atoms with E-state index in [1.54, 1.807) is 6.07 Å². The van der Waals surface area contributed by atoms with Gasteiger partial charge in [0.1, 0.15) is 0 Å². The van der Waals surface area contributed by atoms with E-state index in [1.165, 1.54) is 11.6 Å². The summed E-state index contributed by atoms with van der Waals surface area (Å²) in [5, 5.41) is 3.16. The molecule has 4 rings (SSSR count). The van der Waals surface area contributed by atoms with E-state index in [1.807, 2.05) is 18.2 Å². The molecule has 1 heterocycles. The number of rotatable bonds is 5. The molecule has 0 spiro atoms. The van der Waals surface area contributed by atoms with Gasteiger partial charge in [-0.1, -0.05) is 61.4 Å². The molecule has 31 heavy (non-hydrogen) atoms. The first-order valence-electron chi connectivity index (χ1n) is 11.0. The highest BCUT2D eigenvalue weighted by Gasteiger charge is 2.44. The van der Waals surface area contributed by atoms with Crippen LogP contribution >= 0.6 is 0 Å². The van der Waals surface area contributed by atoms with E-state index in [0.717, 1.165) is 37.8 Å². The highest BCUT2D eigenvalue weighted by atomic mass is 19.4. The lowest BCUT2D eigenvalue weighted by Crippen LogP contribution is -2.51. The number of benzene rings is 2. The average Bonchev–Trinajstić information content (AvgIpc) is 3.28. The maximum atomic E-state index is 13.6. The van der Waals surface area contributed by atoms with Gasteiger partial charge in [-0.15, -0.1) is 0 Å². The SMILES string of the molecule is O=C(NCC1(c2ccccc2)CCCC1)C1(c2cccc(C(F)(F)F)c2)CCOCC1. The summed E-state index contributed by atoms with van der Waals surface area (Å²) in [6.45, 7) is 1.21. The third kappa shape index (κ3) is 4.36. The molecule has 0 atom stereocenters. The van der Waals surface area contributed by atoms with E-state index in [9.17, 15) is 18.0 Å². The largest absolute Gasteiger partial charge is 0.416 e. The molecule has 0 radical (unpaired) electrons. The van der Waals surface area contributed by atoms with Crippen molar-refractivity contribution in [1.29, 1.82) is 0 Å². The maximum absolute atomic E-state index is 13.6. The molecule has 0 unspecified atom stereocenters. The van der Waals surface area contributed by atoms with Gasteiger partial charge < -0.3 is 10.1 Å². The number of alkyl halides is 3. The predicted molar refractivity (Wildman–Crippen MR) is 113 cm³/mol. The van der Waals surface area contributed by atoms with Gasteiger partial charge in [-0.25, -0.2) is 0 Å². The standard InChI is InChI=1S/C25H28F3NO2/c26-25(27,28)21-10-6-9-20(17-21)24(13-15-31-16-14-24)22(30)29-18-23(11-4-5-12-23)19-7-2-1-3-8-19/h1-3,6-10,17H,4-5,11-16,18H2,(H,29,30). The molecule has 166 valence electrons. The van der Waals surface area contributed by atoms with Crippen LogP contribution in [0, 0.1) is 0 Å². The van der Waals surface area contributed by atoms with Crippen molar-refractivity contribution < 1.29 is 22.7 Å². The van der Waals surface area contributed by atoms with Crippen LogP contribution in [0.4, 0.5) is 13.2 Å². The Hall–Kier alpha value is -2.34. The fraction of sp³-hybridized carbons (Fsp3) is 0.480. The zero-order chi connectivity index (χ0) is 22.0. The second-order valence-corrected chi connectivity index (χ2v) is 8.81. The number of carbonyl (C=O) groups excluding carboxylic acids is 1. The first-order valence-corrected chi connectivity index (χ1v) is 11.0. The van der Waals surface area contributed by atoms with Gasteiger partial charge in [0.15, 0.2) is 0 Å². The number of amides is 1. The molecule has 2 aromatic carbocycles. The van der Waals surface area contributed by atoms with Crippen LogP contribution in [0.5, 0.6) is 0 Å². The Labute approximate surface area is 181 Å². The van der Waals surface area contributed by atoms with Crippen molar-refractivity contribution in [2.24, 2.45) is 0 Å². The first kappa shape index (κ1) is 21.9. The van der Waals surface area contributed by atoms with Crippen LogP contribution in [-0.2, 0) is 26.5 Å². The molecule has 3 nitrogen and oxygen atoms in total. The van der Waals surface area contributed by atoms with Crippen LogP contribution in [0.15, 0.2) is 54.6 Å². The molecule has 1 amide bonds. The summed E-state index contributed by atoms with van der Waals surface area (Å²) in [5.74, 6) is -0.197. The van der Waals surface area contributed by atoms with Crippen LogP contribution in [-0.4, -0.2) is 25.7 Å². The van der Waals surface area contributed by atoms with Crippen molar-refractivity contribution in [2.75, 3.05) is 19.8 Å². The summed E-state index contributed by atoms with van der Waals surface area (Å²) in [7, 11) is 0. The lowest BCUT2D eigenvalue weighted by Gasteiger charge is -2.38. The van der Waals surface area contributed by atoms with Gasteiger partial charge in [-0.3, -0.25) is 4.79 Å². The smallest absolute Gasteiger partial charge is 0.381 e. The topological polar surface area (TPSA) is 38.3 Å². The lowest BCUT2D eigenvalue weighted by molar-refractivity contribution is -0.138. The molecule has 1 aliphatic heterocycles. The molecular formula is C25H28F3NO2. The van der Waals surface area contributed by atoms with Gasteiger partial charge in [0.05, 0.1) is 11.0 Å².